The summed E-state index contributed by atoms with van der Waals surface area (Å²) in [5.41, 5.74) is 1.15. The van der Waals surface area contributed by atoms with Crippen molar-refractivity contribution < 1.29 is 5.11 Å². The van der Waals surface area contributed by atoms with Gasteiger partial charge in [0.05, 0.1) is 12.2 Å². The number of thioether (sulfide) groups is 1. The van der Waals surface area contributed by atoms with E-state index in [4.69, 9.17) is 4.98 Å². The number of nitrogens with zero attached hydrogens (tertiary/aromatic N) is 5. The number of fused-ring (bicyclic) bond motifs is 2. The highest BCUT2D eigenvalue weighted by Gasteiger charge is 2.37. The zero-order valence-electron chi connectivity index (χ0n) is 15.3. The maximum atomic E-state index is 12.9. The van der Waals surface area contributed by atoms with Crippen LogP contribution in [0, 0.1) is 0 Å². The minimum atomic E-state index is -0.919. The first kappa shape index (κ1) is 17.9. The number of aryl methyl sites for hydroxylation is 1. The maximum Gasteiger partial charge on any atom is 0.278 e. The number of pyridine rings is 1. The van der Waals surface area contributed by atoms with E-state index in [1.54, 1.807) is 21.6 Å². The van der Waals surface area contributed by atoms with Gasteiger partial charge in [0.1, 0.15) is 11.0 Å². The molecule has 0 saturated heterocycles. The van der Waals surface area contributed by atoms with Crippen molar-refractivity contribution >= 4 is 22.8 Å². The number of allylic oxidation sites excluding steroid dienone is 1. The molecular weight excluding hydrogens is 362 g/mol. The largest absolute Gasteiger partial charge is 0.384 e. The third kappa shape index (κ3) is 2.71. The lowest BCUT2D eigenvalue weighted by molar-refractivity contribution is 0.0306. The molecule has 8 heteroatoms. The molecule has 7 nitrogen and oxygen atoms in total. The van der Waals surface area contributed by atoms with Gasteiger partial charge >= 0.3 is 0 Å². The van der Waals surface area contributed by atoms with Gasteiger partial charge in [0, 0.05) is 6.20 Å². The molecule has 3 aromatic heterocycles. The maximum absolute atomic E-state index is 12.9. The van der Waals surface area contributed by atoms with Crippen molar-refractivity contribution in [3.05, 3.63) is 52.6 Å². The molecule has 1 aliphatic carbocycles. The van der Waals surface area contributed by atoms with Crippen LogP contribution < -0.4 is 5.56 Å². The fraction of sp³-hybridized carbons (Fsp3) is 0.368. The van der Waals surface area contributed by atoms with Crippen molar-refractivity contribution in [2.24, 2.45) is 0 Å². The van der Waals surface area contributed by atoms with Gasteiger partial charge < -0.3 is 5.11 Å². The molecule has 3 heterocycles. The van der Waals surface area contributed by atoms with Crippen LogP contribution in [0.15, 0.2) is 40.9 Å². The molecule has 4 rings (SSSR count). The van der Waals surface area contributed by atoms with E-state index in [0.717, 1.165) is 12.0 Å². The third-order valence-corrected chi connectivity index (χ3v) is 5.71. The number of hydrogen-bond donors (Lipinski definition) is 1. The lowest BCUT2D eigenvalue weighted by Crippen LogP contribution is -2.25. The highest BCUT2D eigenvalue weighted by atomic mass is 32.2. The second-order valence-corrected chi connectivity index (χ2v) is 7.42. The van der Waals surface area contributed by atoms with Crippen LogP contribution in [0.4, 0.5) is 0 Å². The van der Waals surface area contributed by atoms with Crippen molar-refractivity contribution in [2.45, 2.75) is 43.5 Å². The lowest BCUT2D eigenvalue weighted by atomic mass is 9.98. The van der Waals surface area contributed by atoms with Crippen LogP contribution in [-0.4, -0.2) is 35.7 Å². The van der Waals surface area contributed by atoms with E-state index >= 15 is 0 Å². The Labute approximate surface area is 160 Å². The van der Waals surface area contributed by atoms with Crippen LogP contribution in [0.3, 0.4) is 0 Å². The quantitative estimate of drug-likeness (QED) is 0.414. The molecule has 3 aromatic rings. The number of aliphatic hydroxyl groups is 1. The molecule has 0 fully saturated rings. The summed E-state index contributed by atoms with van der Waals surface area (Å²) in [6, 6.07) is 3.86. The average Bonchev–Trinajstić information content (AvgIpc) is 3.17. The average molecular weight is 383 g/mol. The first-order valence-electron chi connectivity index (χ1n) is 8.89. The van der Waals surface area contributed by atoms with E-state index in [1.807, 2.05) is 25.3 Å². The summed E-state index contributed by atoms with van der Waals surface area (Å²) < 4.78 is 3.25. The van der Waals surface area contributed by atoms with Crippen LogP contribution >= 0.6 is 11.8 Å². The summed E-state index contributed by atoms with van der Waals surface area (Å²) in [6.45, 7) is 6.03. The smallest absolute Gasteiger partial charge is 0.278 e. The molecule has 0 bridgehead atoms. The molecule has 0 unspecified atom stereocenters. The van der Waals surface area contributed by atoms with Crippen molar-refractivity contribution in [1.29, 1.82) is 0 Å². The third-order valence-electron chi connectivity index (χ3n) is 5.15. The Morgan fingerprint density at radius 2 is 2.22 bits per heavy atom. The van der Waals surface area contributed by atoms with Gasteiger partial charge in [-0.05, 0) is 37.1 Å². The molecule has 1 N–H and O–H groups in total. The molecule has 140 valence electrons. The predicted molar refractivity (Wildman–Crippen MR) is 105 cm³/mol. The van der Waals surface area contributed by atoms with Gasteiger partial charge in [0.2, 0.25) is 0 Å². The van der Waals surface area contributed by atoms with E-state index in [1.165, 1.54) is 11.8 Å². The van der Waals surface area contributed by atoms with E-state index in [-0.39, 0.29) is 5.56 Å². The minimum absolute atomic E-state index is 0.189. The Kier molecular flexibility index (Phi) is 4.39. The second-order valence-electron chi connectivity index (χ2n) is 6.64. The van der Waals surface area contributed by atoms with Crippen LogP contribution in [-0.2, 0) is 18.6 Å². The number of aromatic nitrogens is 5. The topological polar surface area (TPSA) is 85.8 Å². The number of hydrogen-bond acceptors (Lipinski definition) is 6. The van der Waals surface area contributed by atoms with Crippen molar-refractivity contribution in [3.63, 3.8) is 0 Å². The minimum Gasteiger partial charge on any atom is -0.384 e. The predicted octanol–water partition coefficient (Wildman–Crippen LogP) is 2.43. The Morgan fingerprint density at radius 1 is 1.41 bits per heavy atom. The monoisotopic (exact) mass is 383 g/mol. The fourth-order valence-electron chi connectivity index (χ4n) is 3.64. The van der Waals surface area contributed by atoms with Gasteiger partial charge in [-0.3, -0.25) is 4.79 Å². The number of rotatable bonds is 5. The van der Waals surface area contributed by atoms with Gasteiger partial charge in [0.15, 0.2) is 16.6 Å². The molecule has 27 heavy (non-hydrogen) atoms. The van der Waals surface area contributed by atoms with Gasteiger partial charge in [0.25, 0.3) is 5.56 Å². The Hall–Kier alpha value is -2.45. The lowest BCUT2D eigenvalue weighted by Gasteiger charge is -2.21. The summed E-state index contributed by atoms with van der Waals surface area (Å²) in [5, 5.41) is 11.9. The van der Waals surface area contributed by atoms with Crippen molar-refractivity contribution in [2.75, 3.05) is 6.26 Å². The Morgan fingerprint density at radius 3 is 2.93 bits per heavy atom. The summed E-state index contributed by atoms with van der Waals surface area (Å²) in [6.07, 6.45) is 7.18. The van der Waals surface area contributed by atoms with Crippen molar-refractivity contribution in [1.82, 2.24) is 24.3 Å². The van der Waals surface area contributed by atoms with Crippen LogP contribution in [0.5, 0.6) is 0 Å². The second kappa shape index (κ2) is 6.61. The first-order chi connectivity index (χ1) is 13.0. The van der Waals surface area contributed by atoms with E-state index in [2.05, 4.69) is 16.5 Å². The van der Waals surface area contributed by atoms with Crippen LogP contribution in [0.25, 0.3) is 16.9 Å². The standard InChI is InChI=1S/C19H21N5O2S/c1-4-10-23-17(25)13-11-20-18(27-3)22-16(13)24(23)14-7-6-12-8-9-19(26,5-2)15(12)21-14/h4,6-7,11,26H,1,5,8-10H2,2-3H3/t19-/m0/s1. The molecule has 1 atom stereocenters. The molecule has 0 aliphatic heterocycles. The highest BCUT2D eigenvalue weighted by Crippen LogP contribution is 2.38. The van der Waals surface area contributed by atoms with E-state index in [0.29, 0.717) is 47.1 Å². The normalized spacial score (nSPS) is 18.8. The Bertz CT molecular complexity index is 1100. The Balaban J connectivity index is 2.01. The first-order valence-corrected chi connectivity index (χ1v) is 10.1. The summed E-state index contributed by atoms with van der Waals surface area (Å²) in [7, 11) is 0. The van der Waals surface area contributed by atoms with Crippen LogP contribution in [0.2, 0.25) is 0 Å². The highest BCUT2D eigenvalue weighted by molar-refractivity contribution is 7.98. The molecular formula is C19H21N5O2S. The molecule has 1 aliphatic rings. The van der Waals surface area contributed by atoms with E-state index in [9.17, 15) is 9.90 Å². The molecule has 0 aromatic carbocycles. The van der Waals surface area contributed by atoms with Gasteiger partial charge in [-0.25, -0.2) is 24.3 Å². The zero-order valence-corrected chi connectivity index (χ0v) is 16.2. The summed E-state index contributed by atoms with van der Waals surface area (Å²) in [5.74, 6) is 0.558. The van der Waals surface area contributed by atoms with Gasteiger partial charge in [-0.2, -0.15) is 0 Å². The van der Waals surface area contributed by atoms with Gasteiger partial charge in [-0.1, -0.05) is 30.8 Å². The summed E-state index contributed by atoms with van der Waals surface area (Å²) >= 11 is 1.41. The zero-order chi connectivity index (χ0) is 19.2. The fourth-order valence-corrected chi connectivity index (χ4v) is 3.97. The van der Waals surface area contributed by atoms with Crippen molar-refractivity contribution in [3.8, 4) is 5.82 Å². The molecule has 0 saturated carbocycles. The van der Waals surface area contributed by atoms with Crippen LogP contribution in [0.1, 0.15) is 31.0 Å². The summed E-state index contributed by atoms with van der Waals surface area (Å²) in [4.78, 5) is 26.4. The molecule has 0 radical (unpaired) electrons. The van der Waals surface area contributed by atoms with Gasteiger partial charge in [-0.15, -0.1) is 6.58 Å². The molecule has 0 spiro atoms. The SMILES string of the molecule is C=CCn1c(=O)c2cnc(SC)nc2n1-c1ccc2c(n1)[C@](O)(CC)CC2. The molecule has 0 amide bonds. The van der Waals surface area contributed by atoms with E-state index < -0.39 is 5.60 Å².